The summed E-state index contributed by atoms with van der Waals surface area (Å²) in [5, 5.41) is 3.23. The number of fused-ring (bicyclic) bond motifs is 1. The molecule has 0 aromatic heterocycles. The van der Waals surface area contributed by atoms with Gasteiger partial charge < -0.3 is 5.32 Å². The number of allylic oxidation sites excluding steroid dienone is 5. The number of nitrogens with one attached hydrogen (secondary N) is 1. The highest BCUT2D eigenvalue weighted by Crippen LogP contribution is 2.20. The molecule has 0 aromatic rings. The van der Waals surface area contributed by atoms with Crippen molar-refractivity contribution >= 4 is 0 Å². The molecular formula is C12H16FN. The minimum atomic E-state index is -0.174. The van der Waals surface area contributed by atoms with Gasteiger partial charge in [0.05, 0.1) is 6.04 Å². The van der Waals surface area contributed by atoms with Crippen molar-refractivity contribution in [3.63, 3.8) is 0 Å². The summed E-state index contributed by atoms with van der Waals surface area (Å²) in [6.45, 7) is 6.00. The average molecular weight is 193 g/mol. The molecule has 2 heteroatoms. The van der Waals surface area contributed by atoms with Gasteiger partial charge in [-0.1, -0.05) is 26.0 Å². The number of halogens is 1. The minimum Gasteiger partial charge on any atom is -0.378 e. The molecule has 0 aromatic carbocycles. The Morgan fingerprint density at radius 2 is 2.00 bits per heavy atom. The van der Waals surface area contributed by atoms with Gasteiger partial charge in [0.2, 0.25) is 0 Å². The predicted molar refractivity (Wildman–Crippen MR) is 58.4 cm³/mol. The van der Waals surface area contributed by atoms with Crippen molar-refractivity contribution in [2.45, 2.75) is 26.8 Å². The van der Waals surface area contributed by atoms with E-state index in [0.717, 1.165) is 11.3 Å². The molecule has 0 bridgehead atoms. The second-order valence-electron chi connectivity index (χ2n) is 3.03. The summed E-state index contributed by atoms with van der Waals surface area (Å²) in [5.41, 5.74) is 2.10. The van der Waals surface area contributed by atoms with Crippen molar-refractivity contribution in [3.8, 4) is 0 Å². The lowest BCUT2D eigenvalue weighted by Gasteiger charge is -2.23. The molecule has 14 heavy (non-hydrogen) atoms. The van der Waals surface area contributed by atoms with Crippen LogP contribution >= 0.6 is 0 Å². The average Bonchev–Trinajstić information content (AvgIpc) is 2.21. The maximum atomic E-state index is 12.7. The van der Waals surface area contributed by atoms with Crippen LogP contribution in [0.15, 0.2) is 47.5 Å². The summed E-state index contributed by atoms with van der Waals surface area (Å²) in [6.07, 6.45) is 8.78. The number of hydrogen-bond acceptors (Lipinski definition) is 1. The van der Waals surface area contributed by atoms with Crippen molar-refractivity contribution in [3.05, 3.63) is 47.5 Å². The molecule has 0 saturated heterocycles. The smallest absolute Gasteiger partial charge is 0.123 e. The normalized spacial score (nSPS) is 23.1. The van der Waals surface area contributed by atoms with Gasteiger partial charge in [0.25, 0.3) is 0 Å². The van der Waals surface area contributed by atoms with Crippen LogP contribution in [0.1, 0.15) is 20.8 Å². The van der Waals surface area contributed by atoms with Gasteiger partial charge >= 0.3 is 0 Å². The summed E-state index contributed by atoms with van der Waals surface area (Å²) in [4.78, 5) is 0. The maximum absolute atomic E-state index is 12.7. The Labute approximate surface area is 84.7 Å². The van der Waals surface area contributed by atoms with Crippen LogP contribution < -0.4 is 5.32 Å². The Morgan fingerprint density at radius 1 is 1.29 bits per heavy atom. The molecular weight excluding hydrogens is 177 g/mol. The monoisotopic (exact) mass is 193 g/mol. The highest BCUT2D eigenvalue weighted by atomic mass is 19.1. The van der Waals surface area contributed by atoms with Gasteiger partial charge in [-0.3, -0.25) is 0 Å². The highest BCUT2D eigenvalue weighted by Gasteiger charge is 2.15. The summed E-state index contributed by atoms with van der Waals surface area (Å²) in [7, 11) is 0. The van der Waals surface area contributed by atoms with Crippen LogP contribution in [0.5, 0.6) is 0 Å². The van der Waals surface area contributed by atoms with E-state index in [2.05, 4.69) is 5.32 Å². The standard InChI is InChI=1S/C10H10FN.C2H6/c1-7-2-3-8-6-9(11)4-5-10(8)12-7;1-2/h2-6,10,12H,1H3;1-2H3. The number of dihydropyridines is 1. The van der Waals surface area contributed by atoms with Crippen LogP contribution in [-0.2, 0) is 0 Å². The van der Waals surface area contributed by atoms with Crippen LogP contribution in [0.2, 0.25) is 0 Å². The maximum Gasteiger partial charge on any atom is 0.123 e. The zero-order chi connectivity index (χ0) is 10.6. The zero-order valence-electron chi connectivity index (χ0n) is 8.84. The molecule has 0 amide bonds. The fraction of sp³-hybridized carbons (Fsp3) is 0.333. The predicted octanol–water partition coefficient (Wildman–Crippen LogP) is 3.24. The molecule has 1 aliphatic heterocycles. The van der Waals surface area contributed by atoms with Gasteiger partial charge in [-0.2, -0.15) is 0 Å². The molecule has 2 rings (SSSR count). The summed E-state index contributed by atoms with van der Waals surface area (Å²) < 4.78 is 12.7. The molecule has 1 N–H and O–H groups in total. The van der Waals surface area contributed by atoms with Gasteiger partial charge in [0.1, 0.15) is 5.83 Å². The quantitative estimate of drug-likeness (QED) is 0.622. The van der Waals surface area contributed by atoms with E-state index in [0.29, 0.717) is 0 Å². The zero-order valence-corrected chi connectivity index (χ0v) is 8.84. The minimum absolute atomic E-state index is 0.162. The van der Waals surface area contributed by atoms with Gasteiger partial charge in [-0.25, -0.2) is 4.39 Å². The second-order valence-corrected chi connectivity index (χ2v) is 3.03. The first-order chi connectivity index (χ1) is 6.75. The van der Waals surface area contributed by atoms with E-state index in [1.807, 2.05) is 39.0 Å². The van der Waals surface area contributed by atoms with E-state index in [-0.39, 0.29) is 11.9 Å². The topological polar surface area (TPSA) is 12.0 Å². The van der Waals surface area contributed by atoms with Gasteiger partial charge in [0, 0.05) is 5.70 Å². The fourth-order valence-electron chi connectivity index (χ4n) is 1.39. The molecule has 1 atom stereocenters. The van der Waals surface area contributed by atoms with Gasteiger partial charge in [-0.05, 0) is 30.7 Å². The summed E-state index contributed by atoms with van der Waals surface area (Å²) >= 11 is 0. The van der Waals surface area contributed by atoms with Crippen LogP contribution in [-0.4, -0.2) is 6.04 Å². The van der Waals surface area contributed by atoms with Crippen LogP contribution in [0.4, 0.5) is 4.39 Å². The molecule has 1 heterocycles. The first-order valence-electron chi connectivity index (χ1n) is 4.96. The fourth-order valence-corrected chi connectivity index (χ4v) is 1.39. The highest BCUT2D eigenvalue weighted by molar-refractivity contribution is 5.44. The summed E-state index contributed by atoms with van der Waals surface area (Å²) in [5.74, 6) is -0.174. The summed E-state index contributed by atoms with van der Waals surface area (Å²) in [6, 6.07) is 0.162. The van der Waals surface area contributed by atoms with E-state index >= 15 is 0 Å². The second kappa shape index (κ2) is 4.80. The molecule has 0 spiro atoms. The van der Waals surface area contributed by atoms with E-state index < -0.39 is 0 Å². The third kappa shape index (κ3) is 2.34. The first kappa shape index (κ1) is 10.8. The van der Waals surface area contributed by atoms with Crippen molar-refractivity contribution < 1.29 is 4.39 Å². The van der Waals surface area contributed by atoms with Crippen molar-refractivity contribution in [2.24, 2.45) is 0 Å². The Bertz CT molecular complexity index is 321. The van der Waals surface area contributed by atoms with Gasteiger partial charge in [-0.15, -0.1) is 0 Å². The van der Waals surface area contributed by atoms with E-state index in [1.54, 1.807) is 6.08 Å². The lowest BCUT2D eigenvalue weighted by atomic mass is 9.98. The number of rotatable bonds is 0. The van der Waals surface area contributed by atoms with Crippen molar-refractivity contribution in [1.29, 1.82) is 0 Å². The van der Waals surface area contributed by atoms with Crippen molar-refractivity contribution in [1.82, 2.24) is 5.32 Å². The van der Waals surface area contributed by atoms with Crippen LogP contribution in [0, 0.1) is 0 Å². The van der Waals surface area contributed by atoms with E-state index in [9.17, 15) is 4.39 Å². The lowest BCUT2D eigenvalue weighted by Crippen LogP contribution is -2.30. The van der Waals surface area contributed by atoms with Crippen LogP contribution in [0.25, 0.3) is 0 Å². The van der Waals surface area contributed by atoms with Crippen molar-refractivity contribution in [2.75, 3.05) is 0 Å². The third-order valence-corrected chi connectivity index (χ3v) is 2.02. The molecule has 0 saturated carbocycles. The Morgan fingerprint density at radius 3 is 2.71 bits per heavy atom. The molecule has 76 valence electrons. The Hall–Kier alpha value is -1.31. The molecule has 2 aliphatic rings. The Balaban J connectivity index is 0.000000461. The van der Waals surface area contributed by atoms with Crippen LogP contribution in [0.3, 0.4) is 0 Å². The first-order valence-corrected chi connectivity index (χ1v) is 4.96. The van der Waals surface area contributed by atoms with E-state index in [1.165, 1.54) is 6.08 Å². The lowest BCUT2D eigenvalue weighted by molar-refractivity contribution is 0.646. The molecule has 1 aliphatic carbocycles. The van der Waals surface area contributed by atoms with E-state index in [4.69, 9.17) is 0 Å². The Kier molecular flexibility index (Phi) is 3.69. The SMILES string of the molecule is CC.CC1=CC=C2C=C(F)C=CC2N1. The molecule has 1 nitrogen and oxygen atoms in total. The van der Waals surface area contributed by atoms with Gasteiger partial charge in [0.15, 0.2) is 0 Å². The third-order valence-electron chi connectivity index (χ3n) is 2.02. The molecule has 0 fully saturated rings. The largest absolute Gasteiger partial charge is 0.378 e. The number of hydrogen-bond donors (Lipinski definition) is 1. The molecule has 1 unspecified atom stereocenters. The molecule has 0 radical (unpaired) electrons.